The first-order valence-electron chi connectivity index (χ1n) is 9.48. The van der Waals surface area contributed by atoms with Crippen LogP contribution in [0.15, 0.2) is 0 Å². The molecule has 0 aromatic rings. The topological polar surface area (TPSA) is 73.0 Å². The predicted octanol–water partition coefficient (Wildman–Crippen LogP) is 0.405. The Kier molecular flexibility index (Phi) is 5.43. The van der Waals surface area contributed by atoms with Crippen LogP contribution in [0.2, 0.25) is 0 Å². The van der Waals surface area contributed by atoms with Crippen LogP contribution in [0.4, 0.5) is 0 Å². The zero-order chi connectivity index (χ0) is 18.0. The SMILES string of the molecule is CC(C)NC(=O)CN1CCN(CN2C(=O)CC3(CCCC3)C2=O)CC1. The van der Waals surface area contributed by atoms with Crippen molar-refractivity contribution in [3.8, 4) is 0 Å². The summed E-state index contributed by atoms with van der Waals surface area (Å²) >= 11 is 0. The van der Waals surface area contributed by atoms with Gasteiger partial charge in [-0.1, -0.05) is 12.8 Å². The molecule has 0 aromatic carbocycles. The quantitative estimate of drug-likeness (QED) is 0.727. The largest absolute Gasteiger partial charge is 0.353 e. The molecular weight excluding hydrogens is 320 g/mol. The second kappa shape index (κ2) is 7.41. The van der Waals surface area contributed by atoms with Crippen LogP contribution in [-0.2, 0) is 14.4 Å². The van der Waals surface area contributed by atoms with Crippen molar-refractivity contribution < 1.29 is 14.4 Å². The van der Waals surface area contributed by atoms with Crippen molar-refractivity contribution in [1.82, 2.24) is 20.0 Å². The predicted molar refractivity (Wildman–Crippen MR) is 93.5 cm³/mol. The highest BCUT2D eigenvalue weighted by atomic mass is 16.2. The highest BCUT2D eigenvalue weighted by Gasteiger charge is 2.52. The standard InChI is InChI=1S/C18H30N4O3/c1-14(2)19-15(23)12-20-7-9-21(10-8-20)13-22-16(24)11-18(17(22)25)5-3-4-6-18/h14H,3-13H2,1-2H3,(H,19,23). The number of rotatable bonds is 5. The zero-order valence-corrected chi connectivity index (χ0v) is 15.4. The number of nitrogens with zero attached hydrogens (tertiary/aromatic N) is 3. The molecule has 2 aliphatic heterocycles. The molecule has 1 saturated carbocycles. The second-order valence-corrected chi connectivity index (χ2v) is 8.05. The number of imide groups is 1. The molecule has 7 nitrogen and oxygen atoms in total. The van der Waals surface area contributed by atoms with Crippen LogP contribution in [0, 0.1) is 5.41 Å². The second-order valence-electron chi connectivity index (χ2n) is 8.05. The van der Waals surface area contributed by atoms with E-state index in [4.69, 9.17) is 0 Å². The maximum atomic E-state index is 12.7. The van der Waals surface area contributed by atoms with Crippen molar-refractivity contribution in [3.63, 3.8) is 0 Å². The Hall–Kier alpha value is -1.47. The van der Waals surface area contributed by atoms with E-state index in [1.54, 1.807) is 0 Å². The van der Waals surface area contributed by atoms with Gasteiger partial charge in [-0.3, -0.25) is 29.1 Å². The Labute approximate surface area is 149 Å². The first kappa shape index (κ1) is 18.3. The Morgan fingerprint density at radius 2 is 1.68 bits per heavy atom. The van der Waals surface area contributed by atoms with Crippen molar-refractivity contribution in [1.29, 1.82) is 0 Å². The van der Waals surface area contributed by atoms with Gasteiger partial charge in [0.1, 0.15) is 0 Å². The van der Waals surface area contributed by atoms with E-state index in [9.17, 15) is 14.4 Å². The number of amides is 3. The lowest BCUT2D eigenvalue weighted by molar-refractivity contribution is -0.144. The van der Waals surface area contributed by atoms with Crippen molar-refractivity contribution in [2.75, 3.05) is 39.4 Å². The van der Waals surface area contributed by atoms with Crippen molar-refractivity contribution in [3.05, 3.63) is 0 Å². The molecule has 0 bridgehead atoms. The maximum Gasteiger partial charge on any atom is 0.237 e. The minimum absolute atomic E-state index is 0.00867. The fourth-order valence-electron chi connectivity index (χ4n) is 4.31. The lowest BCUT2D eigenvalue weighted by Gasteiger charge is -2.36. The van der Waals surface area contributed by atoms with E-state index in [2.05, 4.69) is 15.1 Å². The smallest absolute Gasteiger partial charge is 0.237 e. The van der Waals surface area contributed by atoms with Gasteiger partial charge in [0.2, 0.25) is 17.7 Å². The number of nitrogens with one attached hydrogen (secondary N) is 1. The van der Waals surface area contributed by atoms with Crippen LogP contribution in [-0.4, -0.2) is 77.9 Å². The monoisotopic (exact) mass is 350 g/mol. The summed E-state index contributed by atoms with van der Waals surface area (Å²) in [7, 11) is 0. The van der Waals surface area contributed by atoms with E-state index >= 15 is 0 Å². The summed E-state index contributed by atoms with van der Waals surface area (Å²) in [5.74, 6) is 0.0934. The third-order valence-electron chi connectivity index (χ3n) is 5.67. The molecule has 2 heterocycles. The molecule has 1 aliphatic carbocycles. The van der Waals surface area contributed by atoms with Gasteiger partial charge in [0.05, 0.1) is 18.6 Å². The highest BCUT2D eigenvalue weighted by Crippen LogP contribution is 2.46. The molecule has 3 rings (SSSR count). The number of hydrogen-bond donors (Lipinski definition) is 1. The number of likely N-dealkylation sites (tertiary alicyclic amines) is 1. The summed E-state index contributed by atoms with van der Waals surface area (Å²) in [6.45, 7) is 7.86. The first-order chi connectivity index (χ1) is 11.9. The lowest BCUT2D eigenvalue weighted by atomic mass is 9.85. The van der Waals surface area contributed by atoms with E-state index in [-0.39, 0.29) is 29.2 Å². The molecule has 0 unspecified atom stereocenters. The number of carbonyl (C=O) groups is 3. The zero-order valence-electron chi connectivity index (χ0n) is 15.4. The average molecular weight is 350 g/mol. The molecule has 0 atom stereocenters. The fraction of sp³-hybridized carbons (Fsp3) is 0.833. The molecule has 140 valence electrons. The van der Waals surface area contributed by atoms with E-state index in [0.717, 1.165) is 51.9 Å². The summed E-state index contributed by atoms with van der Waals surface area (Å²) in [4.78, 5) is 42.7. The highest BCUT2D eigenvalue weighted by molar-refractivity contribution is 6.06. The van der Waals surface area contributed by atoms with Crippen LogP contribution in [0.5, 0.6) is 0 Å². The Balaban J connectivity index is 1.47. The number of hydrogen-bond acceptors (Lipinski definition) is 5. The molecule has 1 spiro atoms. The maximum absolute atomic E-state index is 12.7. The van der Waals surface area contributed by atoms with Gasteiger partial charge in [0, 0.05) is 38.6 Å². The van der Waals surface area contributed by atoms with E-state index < -0.39 is 0 Å². The van der Waals surface area contributed by atoms with Gasteiger partial charge in [0.25, 0.3) is 0 Å². The number of piperazine rings is 1. The van der Waals surface area contributed by atoms with Crippen LogP contribution >= 0.6 is 0 Å². The molecule has 1 N–H and O–H groups in total. The van der Waals surface area contributed by atoms with Gasteiger partial charge < -0.3 is 5.32 Å². The molecule has 3 fully saturated rings. The fourth-order valence-corrected chi connectivity index (χ4v) is 4.31. The van der Waals surface area contributed by atoms with E-state index in [1.807, 2.05) is 13.8 Å². The molecule has 3 amide bonds. The Bertz CT molecular complexity index is 534. The summed E-state index contributed by atoms with van der Waals surface area (Å²) in [6, 6.07) is 0.156. The Morgan fingerprint density at radius 1 is 1.08 bits per heavy atom. The van der Waals surface area contributed by atoms with Crippen LogP contribution in [0.1, 0.15) is 46.0 Å². The summed E-state index contributed by atoms with van der Waals surface area (Å²) < 4.78 is 0. The van der Waals surface area contributed by atoms with Gasteiger partial charge in [0.15, 0.2) is 0 Å². The normalized spacial score (nSPS) is 24.7. The van der Waals surface area contributed by atoms with Crippen LogP contribution in [0.25, 0.3) is 0 Å². The molecular formula is C18H30N4O3. The molecule has 25 heavy (non-hydrogen) atoms. The minimum atomic E-state index is -0.381. The van der Waals surface area contributed by atoms with Gasteiger partial charge in [-0.2, -0.15) is 0 Å². The van der Waals surface area contributed by atoms with Gasteiger partial charge in [-0.25, -0.2) is 0 Å². The van der Waals surface area contributed by atoms with Crippen molar-refractivity contribution >= 4 is 17.7 Å². The molecule has 3 aliphatic rings. The van der Waals surface area contributed by atoms with Crippen molar-refractivity contribution in [2.45, 2.75) is 52.0 Å². The van der Waals surface area contributed by atoms with Gasteiger partial charge in [-0.15, -0.1) is 0 Å². The summed E-state index contributed by atoms with van der Waals surface area (Å²) in [5, 5.41) is 2.91. The molecule has 2 saturated heterocycles. The lowest BCUT2D eigenvalue weighted by Crippen LogP contribution is -2.53. The minimum Gasteiger partial charge on any atom is -0.353 e. The summed E-state index contributed by atoms with van der Waals surface area (Å²) in [5.41, 5.74) is -0.381. The average Bonchev–Trinajstić information content (AvgIpc) is 3.10. The molecule has 0 radical (unpaired) electrons. The van der Waals surface area contributed by atoms with Gasteiger partial charge >= 0.3 is 0 Å². The molecule has 0 aromatic heterocycles. The first-order valence-corrected chi connectivity index (χ1v) is 9.48. The third kappa shape index (κ3) is 4.03. The van der Waals surface area contributed by atoms with Gasteiger partial charge in [-0.05, 0) is 26.7 Å². The van der Waals surface area contributed by atoms with Crippen LogP contribution < -0.4 is 5.32 Å². The van der Waals surface area contributed by atoms with E-state index in [0.29, 0.717) is 19.6 Å². The number of carbonyl (C=O) groups excluding carboxylic acids is 3. The molecule has 7 heteroatoms. The summed E-state index contributed by atoms with van der Waals surface area (Å²) in [6.07, 6.45) is 4.26. The Morgan fingerprint density at radius 3 is 2.28 bits per heavy atom. The van der Waals surface area contributed by atoms with Crippen molar-refractivity contribution in [2.24, 2.45) is 5.41 Å². The van der Waals surface area contributed by atoms with E-state index in [1.165, 1.54) is 4.90 Å². The third-order valence-corrected chi connectivity index (χ3v) is 5.67. The van der Waals surface area contributed by atoms with Crippen LogP contribution in [0.3, 0.4) is 0 Å².